The molecule has 2 aromatic heterocycles. The topological polar surface area (TPSA) is 104 Å². The summed E-state index contributed by atoms with van der Waals surface area (Å²) in [6, 6.07) is 8.87. The van der Waals surface area contributed by atoms with Crippen molar-refractivity contribution in [2.75, 3.05) is 11.4 Å². The van der Waals surface area contributed by atoms with E-state index < -0.39 is 18.0 Å². The molecule has 3 aliphatic rings. The van der Waals surface area contributed by atoms with Crippen LogP contribution in [-0.2, 0) is 11.3 Å². The largest absolute Gasteiger partial charge is 0.349 e. The summed E-state index contributed by atoms with van der Waals surface area (Å²) in [6.45, 7) is 2.71. The van der Waals surface area contributed by atoms with Gasteiger partial charge in [0.2, 0.25) is 5.91 Å². The molecule has 39 heavy (non-hydrogen) atoms. The maximum absolute atomic E-state index is 13.8. The summed E-state index contributed by atoms with van der Waals surface area (Å²) >= 11 is 6.09. The predicted molar refractivity (Wildman–Crippen MR) is 139 cm³/mol. The Balaban J connectivity index is 1.13. The van der Waals surface area contributed by atoms with Crippen molar-refractivity contribution in [2.24, 2.45) is 11.8 Å². The molecule has 3 aromatic rings. The van der Waals surface area contributed by atoms with Crippen LogP contribution in [0.3, 0.4) is 0 Å². The van der Waals surface area contributed by atoms with Gasteiger partial charge in [-0.2, -0.15) is 10.4 Å². The molecular formula is C28H25ClF2N6O2. The van der Waals surface area contributed by atoms with Crippen LogP contribution in [0, 0.1) is 30.1 Å². The van der Waals surface area contributed by atoms with Crippen LogP contribution in [0.5, 0.6) is 0 Å². The zero-order valence-electron chi connectivity index (χ0n) is 21.1. The van der Waals surface area contributed by atoms with Gasteiger partial charge in [0.1, 0.15) is 11.5 Å². The minimum absolute atomic E-state index is 0.0565. The van der Waals surface area contributed by atoms with Crippen molar-refractivity contribution in [1.29, 1.82) is 5.26 Å². The zero-order valence-corrected chi connectivity index (χ0v) is 21.8. The van der Waals surface area contributed by atoms with Crippen LogP contribution in [-0.4, -0.2) is 39.2 Å². The number of hydrogen-bond acceptors (Lipinski definition) is 5. The van der Waals surface area contributed by atoms with Gasteiger partial charge in [-0.3, -0.25) is 19.2 Å². The third-order valence-electron chi connectivity index (χ3n) is 8.03. The first-order valence-electron chi connectivity index (χ1n) is 12.8. The third-order valence-corrected chi connectivity index (χ3v) is 8.26. The number of carbonyl (C=O) groups excluding carboxylic acids is 2. The molecule has 2 saturated carbocycles. The molecule has 1 aliphatic heterocycles. The molecule has 6 rings (SSSR count). The quantitative estimate of drug-likeness (QED) is 0.457. The standard InChI is InChI=1S/C28H25ClF2N6O2/c1-14-4-24(37-12-17-7-22(17)28(37)39)33-10-18(14)11-36-13-23(25(35-36)26(30)31)27(38)34-20-5-16(6-20)21-8-19(29)3-2-15(21)9-32/h2-4,8,10,13,16-17,20,22,26H,5-7,11-12H2,1H3,(H,34,38)/t16?,17-,20?,22-/m1/s1. The second kappa shape index (κ2) is 9.72. The second-order valence-electron chi connectivity index (χ2n) is 10.6. The molecule has 0 unspecified atom stereocenters. The molecule has 1 saturated heterocycles. The van der Waals surface area contributed by atoms with Crippen LogP contribution in [0.4, 0.5) is 14.6 Å². The highest BCUT2D eigenvalue weighted by Gasteiger charge is 2.52. The van der Waals surface area contributed by atoms with Crippen molar-refractivity contribution in [2.45, 2.75) is 51.1 Å². The Hall–Kier alpha value is -3.84. The fourth-order valence-electron chi connectivity index (χ4n) is 5.62. The number of halogens is 3. The molecule has 2 aliphatic carbocycles. The van der Waals surface area contributed by atoms with Crippen molar-refractivity contribution >= 4 is 29.2 Å². The number of pyridine rings is 1. The Kier molecular flexibility index (Phi) is 6.34. The van der Waals surface area contributed by atoms with Crippen molar-refractivity contribution in [1.82, 2.24) is 20.1 Å². The van der Waals surface area contributed by atoms with Crippen LogP contribution < -0.4 is 10.2 Å². The zero-order chi connectivity index (χ0) is 27.4. The monoisotopic (exact) mass is 550 g/mol. The Morgan fingerprint density at radius 2 is 2.08 bits per heavy atom. The van der Waals surface area contributed by atoms with Crippen molar-refractivity contribution in [3.8, 4) is 6.07 Å². The van der Waals surface area contributed by atoms with E-state index in [4.69, 9.17) is 11.6 Å². The summed E-state index contributed by atoms with van der Waals surface area (Å²) in [7, 11) is 0. The van der Waals surface area contributed by atoms with Gasteiger partial charge in [0.25, 0.3) is 12.3 Å². The van der Waals surface area contributed by atoms with E-state index >= 15 is 0 Å². The van der Waals surface area contributed by atoms with Gasteiger partial charge >= 0.3 is 0 Å². The van der Waals surface area contributed by atoms with Gasteiger partial charge in [-0.25, -0.2) is 13.8 Å². The Morgan fingerprint density at radius 1 is 1.28 bits per heavy atom. The highest BCUT2D eigenvalue weighted by atomic mass is 35.5. The number of amides is 2. The summed E-state index contributed by atoms with van der Waals surface area (Å²) in [5.74, 6) is 0.716. The van der Waals surface area contributed by atoms with Crippen LogP contribution in [0.15, 0.2) is 36.7 Å². The number of nitrogens with one attached hydrogen (secondary N) is 1. The van der Waals surface area contributed by atoms with E-state index in [0.29, 0.717) is 41.7 Å². The van der Waals surface area contributed by atoms with Gasteiger partial charge in [-0.1, -0.05) is 11.6 Å². The molecule has 3 heterocycles. The molecule has 1 aromatic carbocycles. The van der Waals surface area contributed by atoms with E-state index in [2.05, 4.69) is 21.5 Å². The molecule has 0 spiro atoms. The van der Waals surface area contributed by atoms with Crippen LogP contribution in [0.1, 0.15) is 69.9 Å². The van der Waals surface area contributed by atoms with Gasteiger partial charge in [0, 0.05) is 35.9 Å². The maximum Gasteiger partial charge on any atom is 0.282 e. The van der Waals surface area contributed by atoms with E-state index in [1.807, 2.05) is 13.0 Å². The molecule has 200 valence electrons. The summed E-state index contributed by atoms with van der Waals surface area (Å²) in [5, 5.41) is 16.7. The van der Waals surface area contributed by atoms with Crippen molar-refractivity contribution in [3.63, 3.8) is 0 Å². The normalized spacial score (nSPS) is 23.4. The molecule has 0 radical (unpaired) electrons. The molecule has 8 nitrogen and oxygen atoms in total. The number of benzene rings is 1. The lowest BCUT2D eigenvalue weighted by atomic mass is 9.74. The Bertz CT molecular complexity index is 1530. The molecule has 2 amide bonds. The molecule has 11 heteroatoms. The first-order valence-corrected chi connectivity index (χ1v) is 13.2. The number of rotatable bonds is 7. The number of nitrogens with zero attached hydrogens (tertiary/aromatic N) is 5. The average Bonchev–Trinajstić information content (AvgIpc) is 3.41. The fourth-order valence-corrected chi connectivity index (χ4v) is 5.80. The van der Waals surface area contributed by atoms with Gasteiger partial charge < -0.3 is 5.32 Å². The van der Waals surface area contributed by atoms with E-state index in [1.54, 1.807) is 29.3 Å². The third kappa shape index (κ3) is 4.76. The minimum atomic E-state index is -2.92. The number of nitriles is 1. The number of aromatic nitrogens is 3. The molecule has 3 fully saturated rings. The van der Waals surface area contributed by atoms with Crippen LogP contribution >= 0.6 is 11.6 Å². The maximum atomic E-state index is 13.8. The second-order valence-corrected chi connectivity index (χ2v) is 11.1. The summed E-state index contributed by atoms with van der Waals surface area (Å²) in [4.78, 5) is 31.5. The van der Waals surface area contributed by atoms with Crippen LogP contribution in [0.2, 0.25) is 5.02 Å². The smallest absolute Gasteiger partial charge is 0.282 e. The van der Waals surface area contributed by atoms with Crippen molar-refractivity contribution < 1.29 is 18.4 Å². The number of anilines is 1. The van der Waals surface area contributed by atoms with E-state index in [9.17, 15) is 23.6 Å². The number of hydrogen-bond donors (Lipinski definition) is 1. The average molecular weight is 551 g/mol. The van der Waals surface area contributed by atoms with Crippen LogP contribution in [0.25, 0.3) is 0 Å². The highest BCUT2D eigenvalue weighted by Crippen LogP contribution is 2.47. The van der Waals surface area contributed by atoms with Gasteiger partial charge in [-0.05, 0) is 79.0 Å². The SMILES string of the molecule is Cc1cc(N2C[C@H]3C[C@H]3C2=O)ncc1Cn1cc(C(=O)NC2CC(c3cc(Cl)ccc3C#N)C2)c(C(F)F)n1. The molecule has 1 N–H and O–H groups in total. The molecule has 0 bridgehead atoms. The molecule has 2 atom stereocenters. The van der Waals surface area contributed by atoms with E-state index in [1.165, 1.54) is 10.9 Å². The molecular weight excluding hydrogens is 526 g/mol. The lowest BCUT2D eigenvalue weighted by Gasteiger charge is -2.36. The van der Waals surface area contributed by atoms with E-state index in [0.717, 1.165) is 23.1 Å². The fraction of sp³-hybridized carbons (Fsp3) is 0.393. The first-order chi connectivity index (χ1) is 18.7. The minimum Gasteiger partial charge on any atom is -0.349 e. The number of piperidine rings is 1. The van der Waals surface area contributed by atoms with Crippen molar-refractivity contribution in [3.05, 3.63) is 75.2 Å². The highest BCUT2D eigenvalue weighted by molar-refractivity contribution is 6.30. The lowest BCUT2D eigenvalue weighted by molar-refractivity contribution is -0.118. The number of alkyl halides is 2. The number of aryl methyl sites for hydroxylation is 1. The predicted octanol–water partition coefficient (Wildman–Crippen LogP) is 4.76. The van der Waals surface area contributed by atoms with E-state index in [-0.39, 0.29) is 35.9 Å². The van der Waals surface area contributed by atoms with Gasteiger partial charge in [0.05, 0.1) is 23.7 Å². The summed E-state index contributed by atoms with van der Waals surface area (Å²) in [5.41, 5.74) is 2.23. The van der Waals surface area contributed by atoms with Gasteiger partial charge in [-0.15, -0.1) is 0 Å². The summed E-state index contributed by atoms with van der Waals surface area (Å²) < 4.78 is 28.9. The Labute approximate surface area is 228 Å². The first kappa shape index (κ1) is 25.4. The Morgan fingerprint density at radius 3 is 2.74 bits per heavy atom. The van der Waals surface area contributed by atoms with Gasteiger partial charge in [0.15, 0.2) is 0 Å². The summed E-state index contributed by atoms with van der Waals surface area (Å²) in [6.07, 6.45) is 2.17. The number of fused-ring (bicyclic) bond motifs is 1. The lowest BCUT2D eigenvalue weighted by Crippen LogP contribution is -2.43. The number of carbonyl (C=O) groups is 2.